The highest BCUT2D eigenvalue weighted by atomic mass is 16.6. The van der Waals surface area contributed by atoms with Crippen LogP contribution in [-0.2, 0) is 25.5 Å². The molecule has 0 spiro atoms. The van der Waals surface area contributed by atoms with Crippen LogP contribution in [-0.4, -0.2) is 29.9 Å². The number of carbonyl (C=O) groups is 2. The molecule has 3 rings (SSSR count). The standard InChI is InChI=1S/C32H35NO4/c1-6-36-30(34)27(22-24-16-10-7-11-17-24)23(2)28(31(35)37-32(3,4)5)33-29(25-18-12-8-13-19-25)26-20-14-9-15-21-26/h7-21,27H,6,22H2,1-5H3/b28-23-. The van der Waals surface area contributed by atoms with Crippen LogP contribution in [0.15, 0.2) is 107 Å². The number of carbonyl (C=O) groups excluding carboxylic acids is 2. The molecule has 37 heavy (non-hydrogen) atoms. The predicted octanol–water partition coefficient (Wildman–Crippen LogP) is 6.56. The molecule has 1 unspecified atom stereocenters. The van der Waals surface area contributed by atoms with E-state index < -0.39 is 23.5 Å². The molecule has 0 aliphatic rings. The Kier molecular flexibility index (Phi) is 9.56. The first-order chi connectivity index (χ1) is 17.7. The summed E-state index contributed by atoms with van der Waals surface area (Å²) in [6, 6.07) is 29.0. The van der Waals surface area contributed by atoms with E-state index in [2.05, 4.69) is 0 Å². The molecular formula is C32H35NO4. The summed E-state index contributed by atoms with van der Waals surface area (Å²) in [6.07, 6.45) is 0.374. The van der Waals surface area contributed by atoms with Gasteiger partial charge in [0, 0.05) is 11.1 Å². The van der Waals surface area contributed by atoms with Gasteiger partial charge in [-0.1, -0.05) is 91.0 Å². The number of nitrogens with zero attached hydrogens (tertiary/aromatic N) is 1. The maximum absolute atomic E-state index is 13.6. The lowest BCUT2D eigenvalue weighted by molar-refractivity contribution is -0.150. The Bertz CT molecular complexity index is 1200. The Morgan fingerprint density at radius 1 is 0.811 bits per heavy atom. The molecule has 0 aromatic heterocycles. The molecule has 0 fully saturated rings. The first-order valence-corrected chi connectivity index (χ1v) is 12.5. The monoisotopic (exact) mass is 497 g/mol. The molecule has 5 heteroatoms. The normalized spacial score (nSPS) is 12.7. The van der Waals surface area contributed by atoms with Crippen LogP contribution in [0.5, 0.6) is 0 Å². The van der Waals surface area contributed by atoms with Crippen LogP contribution in [0.25, 0.3) is 0 Å². The van der Waals surface area contributed by atoms with Crippen molar-refractivity contribution < 1.29 is 19.1 Å². The molecule has 0 saturated carbocycles. The average molecular weight is 498 g/mol. The summed E-state index contributed by atoms with van der Waals surface area (Å²) in [7, 11) is 0. The Hall–Kier alpha value is -3.99. The van der Waals surface area contributed by atoms with Gasteiger partial charge in [-0.15, -0.1) is 0 Å². The quantitative estimate of drug-likeness (QED) is 0.191. The summed E-state index contributed by atoms with van der Waals surface area (Å²) in [4.78, 5) is 31.7. The molecule has 0 bridgehead atoms. The summed E-state index contributed by atoms with van der Waals surface area (Å²) in [6.45, 7) is 9.20. The minimum atomic E-state index is -0.739. The van der Waals surface area contributed by atoms with E-state index in [1.807, 2.05) is 112 Å². The SMILES string of the molecule is CCOC(=O)C(Cc1ccccc1)/C(C)=C(\N=C(c1ccccc1)c1ccccc1)C(=O)OC(C)(C)C. The van der Waals surface area contributed by atoms with E-state index in [0.29, 0.717) is 17.7 Å². The maximum Gasteiger partial charge on any atom is 0.357 e. The molecule has 0 saturated heterocycles. The van der Waals surface area contributed by atoms with Crippen molar-refractivity contribution >= 4 is 17.7 Å². The van der Waals surface area contributed by atoms with Gasteiger partial charge in [-0.3, -0.25) is 4.79 Å². The van der Waals surface area contributed by atoms with E-state index in [1.165, 1.54) is 0 Å². The molecule has 3 aromatic rings. The van der Waals surface area contributed by atoms with Crippen molar-refractivity contribution in [2.24, 2.45) is 10.9 Å². The second-order valence-electron chi connectivity index (χ2n) is 9.72. The number of aliphatic imine (C=N–C) groups is 1. The van der Waals surface area contributed by atoms with Gasteiger partial charge in [0.1, 0.15) is 11.3 Å². The van der Waals surface area contributed by atoms with Gasteiger partial charge in [-0.2, -0.15) is 0 Å². The Morgan fingerprint density at radius 2 is 1.30 bits per heavy atom. The van der Waals surface area contributed by atoms with Crippen molar-refractivity contribution in [2.75, 3.05) is 6.61 Å². The predicted molar refractivity (Wildman–Crippen MR) is 147 cm³/mol. The zero-order valence-corrected chi connectivity index (χ0v) is 22.2. The van der Waals surface area contributed by atoms with Gasteiger partial charge in [-0.05, 0) is 52.2 Å². The topological polar surface area (TPSA) is 65.0 Å². The molecule has 192 valence electrons. The lowest BCUT2D eigenvalue weighted by Gasteiger charge is -2.23. The van der Waals surface area contributed by atoms with Crippen LogP contribution in [0.4, 0.5) is 0 Å². The maximum atomic E-state index is 13.6. The van der Waals surface area contributed by atoms with Crippen molar-refractivity contribution in [1.82, 2.24) is 0 Å². The summed E-state index contributed by atoms with van der Waals surface area (Å²) in [5, 5.41) is 0. The van der Waals surface area contributed by atoms with Crippen LogP contribution in [0.2, 0.25) is 0 Å². The summed E-state index contributed by atoms with van der Waals surface area (Å²) in [5.74, 6) is -1.70. The Morgan fingerprint density at radius 3 is 1.76 bits per heavy atom. The van der Waals surface area contributed by atoms with Gasteiger partial charge in [0.25, 0.3) is 0 Å². The first-order valence-electron chi connectivity index (χ1n) is 12.5. The van der Waals surface area contributed by atoms with E-state index in [1.54, 1.807) is 13.8 Å². The van der Waals surface area contributed by atoms with Gasteiger partial charge in [0.15, 0.2) is 0 Å². The van der Waals surface area contributed by atoms with Crippen molar-refractivity contribution in [3.8, 4) is 0 Å². The number of hydrogen-bond donors (Lipinski definition) is 0. The summed E-state index contributed by atoms with van der Waals surface area (Å²) < 4.78 is 11.2. The van der Waals surface area contributed by atoms with Gasteiger partial charge in [0.05, 0.1) is 18.2 Å². The van der Waals surface area contributed by atoms with E-state index in [0.717, 1.165) is 16.7 Å². The zero-order chi connectivity index (χ0) is 26.8. The second-order valence-corrected chi connectivity index (χ2v) is 9.72. The van der Waals surface area contributed by atoms with Gasteiger partial charge < -0.3 is 9.47 Å². The smallest absolute Gasteiger partial charge is 0.357 e. The third-order valence-electron chi connectivity index (χ3n) is 5.66. The lowest BCUT2D eigenvalue weighted by Crippen LogP contribution is -2.28. The molecule has 5 nitrogen and oxygen atoms in total. The lowest BCUT2D eigenvalue weighted by atomic mass is 9.91. The molecule has 3 aromatic carbocycles. The van der Waals surface area contributed by atoms with Crippen molar-refractivity contribution in [1.29, 1.82) is 0 Å². The van der Waals surface area contributed by atoms with Crippen molar-refractivity contribution in [3.63, 3.8) is 0 Å². The molecule has 0 N–H and O–H groups in total. The number of esters is 2. The fraction of sp³-hybridized carbons (Fsp3) is 0.281. The Labute approximate surface area is 219 Å². The van der Waals surface area contributed by atoms with Crippen LogP contribution in [0, 0.1) is 5.92 Å². The number of ether oxygens (including phenoxy) is 2. The fourth-order valence-electron chi connectivity index (χ4n) is 3.89. The molecule has 0 aliphatic heterocycles. The molecular weight excluding hydrogens is 462 g/mol. The van der Waals surface area contributed by atoms with E-state index in [9.17, 15) is 9.59 Å². The third-order valence-corrected chi connectivity index (χ3v) is 5.66. The fourth-order valence-corrected chi connectivity index (χ4v) is 3.89. The van der Waals surface area contributed by atoms with Gasteiger partial charge in [-0.25, -0.2) is 9.79 Å². The zero-order valence-electron chi connectivity index (χ0n) is 22.2. The van der Waals surface area contributed by atoms with Crippen LogP contribution in [0.3, 0.4) is 0 Å². The highest BCUT2D eigenvalue weighted by molar-refractivity contribution is 6.14. The van der Waals surface area contributed by atoms with Crippen LogP contribution < -0.4 is 0 Å². The van der Waals surface area contributed by atoms with E-state index in [4.69, 9.17) is 14.5 Å². The molecule has 0 heterocycles. The second kappa shape index (κ2) is 12.8. The van der Waals surface area contributed by atoms with E-state index >= 15 is 0 Å². The average Bonchev–Trinajstić information content (AvgIpc) is 2.88. The third kappa shape index (κ3) is 8.01. The largest absolute Gasteiger partial charge is 0.466 e. The molecule has 0 radical (unpaired) electrons. The van der Waals surface area contributed by atoms with Crippen molar-refractivity contribution in [3.05, 3.63) is 119 Å². The molecule has 0 amide bonds. The van der Waals surface area contributed by atoms with E-state index in [-0.39, 0.29) is 12.3 Å². The minimum Gasteiger partial charge on any atom is -0.466 e. The van der Waals surface area contributed by atoms with Gasteiger partial charge >= 0.3 is 11.9 Å². The number of benzene rings is 3. The molecule has 1 atom stereocenters. The Balaban J connectivity index is 2.24. The number of rotatable bonds is 9. The highest BCUT2D eigenvalue weighted by Crippen LogP contribution is 2.26. The van der Waals surface area contributed by atoms with Crippen LogP contribution >= 0.6 is 0 Å². The van der Waals surface area contributed by atoms with Crippen LogP contribution in [0.1, 0.15) is 51.3 Å². The van der Waals surface area contributed by atoms with Crippen molar-refractivity contribution in [2.45, 2.75) is 46.6 Å². The summed E-state index contributed by atoms with van der Waals surface area (Å²) in [5.41, 5.74) is 3.13. The number of hydrogen-bond acceptors (Lipinski definition) is 5. The highest BCUT2D eigenvalue weighted by Gasteiger charge is 2.30. The summed E-state index contributed by atoms with van der Waals surface area (Å²) >= 11 is 0. The van der Waals surface area contributed by atoms with Gasteiger partial charge in [0.2, 0.25) is 0 Å². The first kappa shape index (κ1) is 27.6. The molecule has 0 aliphatic carbocycles. The minimum absolute atomic E-state index is 0.103.